The number of hydrogen-bond donors (Lipinski definition) is 0. The molecule has 0 fully saturated rings. The molecule has 0 saturated carbocycles. The number of rotatable bonds is 8. The molecule has 0 aliphatic heterocycles. The zero-order valence-electron chi connectivity index (χ0n) is 15.1. The fourth-order valence-electron chi connectivity index (χ4n) is 2.75. The molecule has 2 rings (SSSR count). The molecule has 1 aromatic carbocycles. The average molecular weight is 372 g/mol. The van der Waals surface area contributed by atoms with E-state index in [1.165, 1.54) is 24.3 Å². The van der Waals surface area contributed by atoms with Crippen LogP contribution >= 0.6 is 0 Å². The van der Waals surface area contributed by atoms with Crippen LogP contribution in [0.15, 0.2) is 48.8 Å². The zero-order chi connectivity index (χ0) is 19.9. The number of esters is 2. The number of carbonyl (C=O) groups is 2. The van der Waals surface area contributed by atoms with E-state index in [0.29, 0.717) is 5.56 Å². The van der Waals surface area contributed by atoms with Gasteiger partial charge >= 0.3 is 11.9 Å². The highest BCUT2D eigenvalue weighted by molar-refractivity contribution is 6.06. The van der Waals surface area contributed by atoms with Gasteiger partial charge < -0.3 is 9.47 Å². The molecule has 1 aromatic heterocycles. The van der Waals surface area contributed by atoms with Gasteiger partial charge in [0.1, 0.15) is 0 Å². The number of carbonyl (C=O) groups excluding carboxylic acids is 2. The highest BCUT2D eigenvalue weighted by Gasteiger charge is 2.50. The summed E-state index contributed by atoms with van der Waals surface area (Å²) in [6.45, 7) is 3.42. The van der Waals surface area contributed by atoms with Crippen molar-refractivity contribution in [2.24, 2.45) is 0 Å². The molecule has 0 bridgehead atoms. The minimum absolute atomic E-state index is 0.0228. The molecule has 0 unspecified atom stereocenters. The van der Waals surface area contributed by atoms with Gasteiger partial charge in [-0.05, 0) is 37.1 Å². The van der Waals surface area contributed by atoms with Crippen molar-refractivity contribution >= 4 is 17.6 Å². The second kappa shape index (κ2) is 8.88. The van der Waals surface area contributed by atoms with E-state index >= 15 is 0 Å². The number of hydrogen-bond acceptors (Lipinski definition) is 7. The Hall–Kier alpha value is -3.29. The lowest BCUT2D eigenvalue weighted by atomic mass is 9.75. The Bertz CT molecular complexity index is 787. The number of nitrogens with zero attached hydrogens (tertiary/aromatic N) is 2. The van der Waals surface area contributed by atoms with Crippen LogP contribution in [0, 0.1) is 10.1 Å². The van der Waals surface area contributed by atoms with Crippen molar-refractivity contribution in [1.29, 1.82) is 0 Å². The molecule has 0 aliphatic carbocycles. The highest BCUT2D eigenvalue weighted by Crippen LogP contribution is 2.33. The van der Waals surface area contributed by atoms with Gasteiger partial charge in [0.25, 0.3) is 5.69 Å². The lowest BCUT2D eigenvalue weighted by Crippen LogP contribution is -2.48. The average Bonchev–Trinajstić information content (AvgIpc) is 2.67. The van der Waals surface area contributed by atoms with E-state index < -0.39 is 22.3 Å². The maximum Gasteiger partial charge on any atom is 0.328 e. The second-order valence-electron chi connectivity index (χ2n) is 5.68. The molecule has 0 atom stereocenters. The predicted octanol–water partition coefficient (Wildman–Crippen LogP) is 2.60. The van der Waals surface area contributed by atoms with Gasteiger partial charge in [-0.15, -0.1) is 0 Å². The van der Waals surface area contributed by atoms with Gasteiger partial charge in [-0.3, -0.25) is 24.7 Å². The lowest BCUT2D eigenvalue weighted by molar-refractivity contribution is -0.384. The summed E-state index contributed by atoms with van der Waals surface area (Å²) in [5, 5.41) is 10.9. The van der Waals surface area contributed by atoms with E-state index in [9.17, 15) is 19.7 Å². The van der Waals surface area contributed by atoms with Gasteiger partial charge in [-0.25, -0.2) is 0 Å². The Kier molecular flexibility index (Phi) is 6.59. The van der Waals surface area contributed by atoms with Gasteiger partial charge in [-0.2, -0.15) is 0 Å². The predicted molar refractivity (Wildman–Crippen MR) is 96.0 cm³/mol. The number of non-ortho nitro benzene ring substituents is 1. The van der Waals surface area contributed by atoms with Crippen LogP contribution in [0.1, 0.15) is 25.0 Å². The van der Waals surface area contributed by atoms with Crippen LogP contribution in [0.5, 0.6) is 0 Å². The van der Waals surface area contributed by atoms with Gasteiger partial charge in [0, 0.05) is 30.9 Å². The molecule has 8 heteroatoms. The van der Waals surface area contributed by atoms with Crippen molar-refractivity contribution in [3.63, 3.8) is 0 Å². The summed E-state index contributed by atoms with van der Waals surface area (Å²) in [4.78, 5) is 40.2. The first-order valence-electron chi connectivity index (χ1n) is 8.44. The van der Waals surface area contributed by atoms with Crippen molar-refractivity contribution in [3.05, 3.63) is 70.0 Å². The quantitative estimate of drug-likeness (QED) is 0.303. The third kappa shape index (κ3) is 4.28. The monoisotopic (exact) mass is 372 g/mol. The number of ether oxygens (including phenoxy) is 2. The molecule has 0 saturated heterocycles. The first kappa shape index (κ1) is 20.0. The summed E-state index contributed by atoms with van der Waals surface area (Å²) in [6, 6.07) is 8.61. The maximum atomic E-state index is 12.9. The van der Waals surface area contributed by atoms with Crippen LogP contribution in [0.2, 0.25) is 0 Å². The number of pyridine rings is 1. The molecule has 0 radical (unpaired) electrons. The Morgan fingerprint density at radius 2 is 1.52 bits per heavy atom. The van der Waals surface area contributed by atoms with Crippen LogP contribution < -0.4 is 0 Å². The highest BCUT2D eigenvalue weighted by atomic mass is 16.6. The first-order chi connectivity index (χ1) is 13.0. The number of benzene rings is 1. The van der Waals surface area contributed by atoms with Crippen molar-refractivity contribution in [1.82, 2.24) is 4.98 Å². The Morgan fingerprint density at radius 3 is 1.96 bits per heavy atom. The fourth-order valence-corrected chi connectivity index (χ4v) is 2.75. The molecule has 27 heavy (non-hydrogen) atoms. The summed E-state index contributed by atoms with van der Waals surface area (Å²) < 4.78 is 10.4. The molecule has 0 aliphatic rings. The maximum absolute atomic E-state index is 12.9. The summed E-state index contributed by atoms with van der Waals surface area (Å²) in [7, 11) is 0. The molecular formula is C19H20N2O6. The Balaban J connectivity index is 2.63. The van der Waals surface area contributed by atoms with Gasteiger partial charge in [0.2, 0.25) is 0 Å². The number of aromatic nitrogens is 1. The smallest absolute Gasteiger partial charge is 0.328 e. The summed E-state index contributed by atoms with van der Waals surface area (Å²) in [5.74, 6) is -1.54. The van der Waals surface area contributed by atoms with Crippen molar-refractivity contribution < 1.29 is 24.0 Å². The SMILES string of the molecule is CCOC(=O)C(Cc1ccncc1)(C(=O)OCC)c1ccc([N+](=O)[O-])cc1. The molecule has 8 nitrogen and oxygen atoms in total. The Labute approximate surface area is 156 Å². The number of nitro benzene ring substituents is 1. The third-order valence-electron chi connectivity index (χ3n) is 4.04. The molecule has 142 valence electrons. The molecule has 2 aromatic rings. The van der Waals surface area contributed by atoms with E-state index in [-0.39, 0.29) is 30.9 Å². The molecule has 0 spiro atoms. The minimum Gasteiger partial charge on any atom is -0.465 e. The van der Waals surface area contributed by atoms with E-state index in [1.807, 2.05) is 0 Å². The van der Waals surface area contributed by atoms with E-state index in [1.54, 1.807) is 38.4 Å². The van der Waals surface area contributed by atoms with Crippen LogP contribution in [-0.2, 0) is 30.9 Å². The van der Waals surface area contributed by atoms with Crippen molar-refractivity contribution in [2.45, 2.75) is 25.7 Å². The van der Waals surface area contributed by atoms with Crippen LogP contribution in [0.4, 0.5) is 5.69 Å². The van der Waals surface area contributed by atoms with E-state index in [4.69, 9.17) is 9.47 Å². The van der Waals surface area contributed by atoms with Crippen molar-refractivity contribution in [3.8, 4) is 0 Å². The normalized spacial score (nSPS) is 10.9. The molecule has 0 amide bonds. The second-order valence-corrected chi connectivity index (χ2v) is 5.68. The molecule has 0 N–H and O–H groups in total. The summed E-state index contributed by atoms with van der Waals surface area (Å²) in [6.07, 6.45) is 3.07. The minimum atomic E-state index is -1.78. The fraction of sp³-hybridized carbons (Fsp3) is 0.316. The van der Waals surface area contributed by atoms with Gasteiger partial charge in [0.05, 0.1) is 18.1 Å². The van der Waals surface area contributed by atoms with Gasteiger partial charge in [0.15, 0.2) is 5.41 Å². The van der Waals surface area contributed by atoms with E-state index in [2.05, 4.69) is 4.98 Å². The van der Waals surface area contributed by atoms with Crippen LogP contribution in [0.3, 0.4) is 0 Å². The molecular weight excluding hydrogens is 352 g/mol. The van der Waals surface area contributed by atoms with Gasteiger partial charge in [-0.1, -0.05) is 12.1 Å². The first-order valence-corrected chi connectivity index (χ1v) is 8.44. The third-order valence-corrected chi connectivity index (χ3v) is 4.04. The van der Waals surface area contributed by atoms with Crippen LogP contribution in [-0.4, -0.2) is 35.1 Å². The van der Waals surface area contributed by atoms with Crippen molar-refractivity contribution in [2.75, 3.05) is 13.2 Å². The standard InChI is InChI=1S/C19H20N2O6/c1-3-26-17(22)19(18(23)27-4-2,13-14-9-11-20-12-10-14)15-5-7-16(8-6-15)21(24)25/h5-12H,3-4,13H2,1-2H3. The van der Waals surface area contributed by atoms with Crippen LogP contribution in [0.25, 0.3) is 0 Å². The van der Waals surface area contributed by atoms with E-state index in [0.717, 1.165) is 0 Å². The largest absolute Gasteiger partial charge is 0.465 e. The number of nitro groups is 1. The summed E-state index contributed by atoms with van der Waals surface area (Å²) >= 11 is 0. The topological polar surface area (TPSA) is 109 Å². The zero-order valence-corrected chi connectivity index (χ0v) is 15.1. The summed E-state index contributed by atoms with van der Waals surface area (Å²) in [5.41, 5.74) is -0.988. The molecule has 1 heterocycles. The Morgan fingerprint density at radius 1 is 1.00 bits per heavy atom. The lowest BCUT2D eigenvalue weighted by Gasteiger charge is -2.29.